The molecule has 0 radical (unpaired) electrons. The van der Waals surface area contributed by atoms with Gasteiger partial charge in [-0.1, -0.05) is 30.5 Å². The van der Waals surface area contributed by atoms with E-state index >= 15 is 0 Å². The molecule has 25 heavy (non-hydrogen) atoms. The highest BCUT2D eigenvalue weighted by molar-refractivity contribution is 8.19. The van der Waals surface area contributed by atoms with Crippen LogP contribution in [-0.2, 0) is 4.79 Å². The van der Waals surface area contributed by atoms with Crippen molar-refractivity contribution >= 4 is 34.6 Å². The Labute approximate surface area is 156 Å². The van der Waals surface area contributed by atoms with Crippen LogP contribution in [0.4, 0.5) is 0 Å². The second-order valence-electron chi connectivity index (χ2n) is 5.40. The van der Waals surface area contributed by atoms with E-state index < -0.39 is 0 Å². The molecule has 0 atom stereocenters. The quantitative estimate of drug-likeness (QED) is 0.567. The highest BCUT2D eigenvalue weighted by atomic mass is 32.2. The molecule has 2 rings (SSSR count). The third kappa shape index (κ3) is 4.49. The van der Waals surface area contributed by atoms with Crippen LogP contribution in [-0.4, -0.2) is 39.6 Å². The van der Waals surface area contributed by atoms with Crippen LogP contribution in [0.3, 0.4) is 0 Å². The normalized spacial score (nSPS) is 27.9. The van der Waals surface area contributed by atoms with Crippen LogP contribution in [0.5, 0.6) is 0 Å². The summed E-state index contributed by atoms with van der Waals surface area (Å²) in [5.74, 6) is -0.0512. The van der Waals surface area contributed by atoms with Crippen LogP contribution < -0.4 is 0 Å². The summed E-state index contributed by atoms with van der Waals surface area (Å²) >= 11 is 2.59. The molecular weight excluding hydrogens is 354 g/mol. The lowest BCUT2D eigenvalue weighted by Crippen LogP contribution is -2.30. The fourth-order valence-corrected chi connectivity index (χ4v) is 4.08. The van der Waals surface area contributed by atoms with Crippen molar-refractivity contribution in [1.29, 1.82) is 5.41 Å². The maximum absolute atomic E-state index is 12.9. The largest absolute Gasteiger partial charge is 0.508 e. The molecule has 0 aliphatic carbocycles. The zero-order valence-corrected chi connectivity index (χ0v) is 16.1. The molecule has 0 spiro atoms. The van der Waals surface area contributed by atoms with E-state index in [0.29, 0.717) is 11.4 Å². The summed E-state index contributed by atoms with van der Waals surface area (Å²) < 4.78 is 0. The minimum Gasteiger partial charge on any atom is -0.508 e. The third-order valence-corrected chi connectivity index (χ3v) is 5.85. The maximum atomic E-state index is 12.9. The lowest BCUT2D eigenvalue weighted by Gasteiger charge is -2.19. The molecule has 0 bridgehead atoms. The first-order valence-corrected chi connectivity index (χ1v) is 9.27. The van der Waals surface area contributed by atoms with E-state index in [2.05, 4.69) is 6.58 Å². The van der Waals surface area contributed by atoms with Gasteiger partial charge < -0.3 is 10.0 Å². The first-order chi connectivity index (χ1) is 11.9. The summed E-state index contributed by atoms with van der Waals surface area (Å²) in [5.41, 5.74) is 0.894. The van der Waals surface area contributed by atoms with Crippen molar-refractivity contribution in [2.45, 2.75) is 13.8 Å². The van der Waals surface area contributed by atoms with Crippen molar-refractivity contribution < 1.29 is 9.90 Å². The number of hydrogen-bond acceptors (Lipinski definition) is 6. The molecule has 1 fully saturated rings. The van der Waals surface area contributed by atoms with E-state index in [4.69, 9.17) is 5.41 Å². The minimum absolute atomic E-state index is 0.140. The number of allylic oxidation sites excluding steroid dienone is 5. The summed E-state index contributed by atoms with van der Waals surface area (Å²) in [5, 5.41) is 18.9. The fraction of sp³-hybridized carbons (Fsp3) is 0.222. The van der Waals surface area contributed by atoms with Gasteiger partial charge in [0.05, 0.1) is 11.6 Å². The molecule has 7 heteroatoms. The van der Waals surface area contributed by atoms with Crippen molar-refractivity contribution in [2.75, 3.05) is 13.6 Å². The summed E-state index contributed by atoms with van der Waals surface area (Å²) in [6.45, 7) is 7.87. The van der Waals surface area contributed by atoms with Gasteiger partial charge in [-0.05, 0) is 54.3 Å². The van der Waals surface area contributed by atoms with Crippen molar-refractivity contribution in [3.05, 3.63) is 69.3 Å². The smallest absolute Gasteiger partial charge is 0.269 e. The van der Waals surface area contributed by atoms with Crippen LogP contribution in [0, 0.1) is 5.41 Å². The number of aliphatic hydroxyl groups is 1. The number of aliphatic hydroxyl groups excluding tert-OH is 1. The highest BCUT2D eigenvalue weighted by Crippen LogP contribution is 2.40. The molecule has 2 N–H and O–H groups in total. The number of amides is 1. The number of carbonyl (C=O) groups excluding carboxylic acids is 1. The van der Waals surface area contributed by atoms with Crippen LogP contribution >= 0.6 is 23.5 Å². The topological polar surface area (TPSA) is 67.6 Å². The number of carbonyl (C=O) groups is 1. The summed E-state index contributed by atoms with van der Waals surface area (Å²) in [6, 6.07) is 0. The lowest BCUT2D eigenvalue weighted by molar-refractivity contribution is -0.122. The second-order valence-corrected chi connectivity index (χ2v) is 7.63. The van der Waals surface area contributed by atoms with Gasteiger partial charge in [0, 0.05) is 13.2 Å². The van der Waals surface area contributed by atoms with Crippen LogP contribution in [0.15, 0.2) is 69.3 Å². The van der Waals surface area contributed by atoms with E-state index in [1.54, 1.807) is 35.4 Å². The van der Waals surface area contributed by atoms with E-state index in [1.165, 1.54) is 16.7 Å². The van der Waals surface area contributed by atoms with Crippen LogP contribution in [0.2, 0.25) is 0 Å². The molecular formula is C18H21N3O2S2. The number of thioether (sulfide) groups is 2. The van der Waals surface area contributed by atoms with E-state index in [1.807, 2.05) is 27.0 Å². The predicted octanol–water partition coefficient (Wildman–Crippen LogP) is 4.34. The van der Waals surface area contributed by atoms with Gasteiger partial charge in [-0.3, -0.25) is 15.1 Å². The van der Waals surface area contributed by atoms with E-state index in [9.17, 15) is 9.90 Å². The molecule has 2 aliphatic heterocycles. The highest BCUT2D eigenvalue weighted by Gasteiger charge is 2.36. The van der Waals surface area contributed by atoms with Gasteiger partial charge in [0.2, 0.25) is 0 Å². The van der Waals surface area contributed by atoms with Gasteiger partial charge in [0.25, 0.3) is 5.91 Å². The van der Waals surface area contributed by atoms with Gasteiger partial charge in [0.1, 0.15) is 10.7 Å². The zero-order valence-electron chi connectivity index (χ0n) is 14.4. The molecule has 1 saturated heterocycles. The Morgan fingerprint density at radius 1 is 1.40 bits per heavy atom. The molecule has 2 aliphatic rings. The number of rotatable bonds is 3. The summed E-state index contributed by atoms with van der Waals surface area (Å²) in [6.07, 6.45) is 10.3. The SMILES string of the molecule is C=C/C(=C\C)CN1C(=N)S/C(=C2\S/C(C)=C/C=C(O)\C=C\N2C)C1=O. The Morgan fingerprint density at radius 2 is 2.12 bits per heavy atom. The van der Waals surface area contributed by atoms with Gasteiger partial charge in [0.15, 0.2) is 5.17 Å². The first-order valence-electron chi connectivity index (χ1n) is 7.64. The maximum Gasteiger partial charge on any atom is 0.269 e. The molecule has 0 aromatic heterocycles. The van der Waals surface area contributed by atoms with Crippen molar-refractivity contribution in [2.24, 2.45) is 0 Å². The number of nitrogens with one attached hydrogen (secondary N) is 1. The monoisotopic (exact) mass is 375 g/mol. The van der Waals surface area contributed by atoms with Gasteiger partial charge in [-0.25, -0.2) is 0 Å². The molecule has 1 amide bonds. The van der Waals surface area contributed by atoms with Crippen molar-refractivity contribution in [1.82, 2.24) is 9.80 Å². The van der Waals surface area contributed by atoms with Crippen LogP contribution in [0.1, 0.15) is 13.8 Å². The average molecular weight is 376 g/mol. The summed E-state index contributed by atoms with van der Waals surface area (Å²) in [7, 11) is 1.82. The average Bonchev–Trinajstić information content (AvgIpc) is 2.89. The second kappa shape index (κ2) is 8.31. The molecule has 5 nitrogen and oxygen atoms in total. The molecule has 0 unspecified atom stereocenters. The standard InChI is InChI=1S/C18H21N3O2S2/c1-5-13(6-2)11-21-16(23)15(25-18(21)19)17-20(4)10-9-14(22)8-7-12(3)24-17/h5-10,19,22H,1,11H2,2-4H3/b10-9+,12-7+,13-6+,14-8+,17-15-,19-18?. The minimum atomic E-state index is -0.192. The van der Waals surface area contributed by atoms with Gasteiger partial charge in [-0.15, -0.1) is 0 Å². The van der Waals surface area contributed by atoms with E-state index in [-0.39, 0.29) is 16.8 Å². The third-order valence-electron chi connectivity index (χ3n) is 3.59. The van der Waals surface area contributed by atoms with Crippen LogP contribution in [0.25, 0.3) is 0 Å². The fourth-order valence-electron chi connectivity index (χ4n) is 2.12. The van der Waals surface area contributed by atoms with E-state index in [0.717, 1.165) is 27.3 Å². The molecule has 132 valence electrons. The Balaban J connectivity index is 2.41. The Kier molecular flexibility index (Phi) is 6.39. The molecule has 0 aromatic carbocycles. The van der Waals surface area contributed by atoms with Crippen molar-refractivity contribution in [3.8, 4) is 0 Å². The molecule has 2 heterocycles. The molecule has 0 aromatic rings. The zero-order chi connectivity index (χ0) is 18.6. The number of nitrogens with zero attached hydrogens (tertiary/aromatic N) is 2. The molecule has 0 saturated carbocycles. The van der Waals surface area contributed by atoms with Crippen molar-refractivity contribution in [3.63, 3.8) is 0 Å². The first kappa shape index (κ1) is 19.2. The number of amidine groups is 1. The Bertz CT molecular complexity index is 760. The Hall–Kier alpha value is -2.12. The lowest BCUT2D eigenvalue weighted by atomic mass is 10.2. The van der Waals surface area contributed by atoms with Gasteiger partial charge >= 0.3 is 0 Å². The predicted molar refractivity (Wildman–Crippen MR) is 107 cm³/mol. The summed E-state index contributed by atoms with van der Waals surface area (Å²) in [4.78, 5) is 17.6. The number of hydrogen-bond donors (Lipinski definition) is 2. The Morgan fingerprint density at radius 3 is 2.76 bits per heavy atom. The van der Waals surface area contributed by atoms with Gasteiger partial charge in [-0.2, -0.15) is 0 Å².